The Hall–Kier alpha value is -5.10. The van der Waals surface area contributed by atoms with Crippen molar-refractivity contribution in [2.75, 3.05) is 17.2 Å². The third kappa shape index (κ3) is 5.45. The molecule has 0 aliphatic rings. The summed E-state index contributed by atoms with van der Waals surface area (Å²) in [6.07, 6.45) is 4.58. The van der Waals surface area contributed by atoms with Crippen molar-refractivity contribution in [1.82, 2.24) is 24.7 Å². The van der Waals surface area contributed by atoms with Gasteiger partial charge in [-0.05, 0) is 61.9 Å². The molecular weight excluding hydrogens is 505 g/mol. The number of hydrogen-bond donors (Lipinski definition) is 4. The lowest BCUT2D eigenvalue weighted by Gasteiger charge is -2.12. The van der Waals surface area contributed by atoms with Crippen molar-refractivity contribution in [3.63, 3.8) is 0 Å². The molecule has 0 bridgehead atoms. The number of amides is 1. The van der Waals surface area contributed by atoms with Gasteiger partial charge in [0.25, 0.3) is 11.5 Å². The van der Waals surface area contributed by atoms with E-state index in [9.17, 15) is 19.1 Å². The Morgan fingerprint density at radius 1 is 1.18 bits per heavy atom. The summed E-state index contributed by atoms with van der Waals surface area (Å²) in [5.74, 6) is 0.476. The second-order valence-electron chi connectivity index (χ2n) is 8.85. The molecule has 4 heterocycles. The van der Waals surface area contributed by atoms with Gasteiger partial charge in [0.1, 0.15) is 34.1 Å². The molecule has 5 rings (SSSR count). The summed E-state index contributed by atoms with van der Waals surface area (Å²) in [5, 5.41) is 22.7. The molecule has 12 heteroatoms. The van der Waals surface area contributed by atoms with Crippen molar-refractivity contribution >= 4 is 28.6 Å². The average Bonchev–Trinajstić information content (AvgIpc) is 3.34. The number of hydrogen-bond acceptors (Lipinski definition) is 8. The number of carbonyl (C=O) groups is 1. The van der Waals surface area contributed by atoms with Crippen molar-refractivity contribution in [3.05, 3.63) is 94.4 Å². The third-order valence-corrected chi connectivity index (χ3v) is 5.79. The lowest BCUT2D eigenvalue weighted by Crippen LogP contribution is -2.28. The molecule has 5 aromatic rings. The summed E-state index contributed by atoms with van der Waals surface area (Å²) in [7, 11) is 0. The van der Waals surface area contributed by atoms with Gasteiger partial charge in [0, 0.05) is 30.2 Å². The quantitative estimate of drug-likeness (QED) is 0.237. The maximum Gasteiger partial charge on any atom is 0.267 e. The highest BCUT2D eigenvalue weighted by atomic mass is 19.1. The largest absolute Gasteiger partial charge is 0.455 e. The molecule has 0 aliphatic carbocycles. The number of ether oxygens (including phenoxy) is 1. The third-order valence-electron chi connectivity index (χ3n) is 5.79. The van der Waals surface area contributed by atoms with E-state index >= 15 is 0 Å². The van der Waals surface area contributed by atoms with E-state index in [0.717, 1.165) is 0 Å². The van der Waals surface area contributed by atoms with Crippen molar-refractivity contribution in [3.8, 4) is 17.2 Å². The van der Waals surface area contributed by atoms with Crippen LogP contribution in [-0.4, -0.2) is 48.4 Å². The Morgan fingerprint density at radius 3 is 2.69 bits per heavy atom. The molecule has 4 N–H and O–H groups in total. The van der Waals surface area contributed by atoms with E-state index in [1.54, 1.807) is 37.5 Å². The monoisotopic (exact) mass is 529 g/mol. The van der Waals surface area contributed by atoms with Gasteiger partial charge in [0.15, 0.2) is 11.5 Å². The summed E-state index contributed by atoms with van der Waals surface area (Å²) in [6.45, 7) is 3.48. The minimum atomic E-state index is -0.635. The predicted molar refractivity (Wildman–Crippen MR) is 143 cm³/mol. The second-order valence-corrected chi connectivity index (χ2v) is 8.85. The number of H-pyrrole nitrogens is 1. The molecule has 0 aliphatic heterocycles. The number of pyridine rings is 3. The molecule has 4 aromatic heterocycles. The number of nitrogens with zero attached hydrogens (tertiary/aromatic N) is 4. The predicted octanol–water partition coefficient (Wildman–Crippen LogP) is 3.79. The number of aryl methyl sites for hydroxylation is 1. The van der Waals surface area contributed by atoms with Gasteiger partial charge in [-0.25, -0.2) is 14.4 Å². The molecule has 1 atom stereocenters. The Kier molecular flexibility index (Phi) is 7.02. The van der Waals surface area contributed by atoms with Crippen LogP contribution in [0.2, 0.25) is 0 Å². The van der Waals surface area contributed by atoms with Crippen LogP contribution in [-0.2, 0) is 0 Å². The average molecular weight is 530 g/mol. The number of halogens is 1. The molecule has 1 amide bonds. The van der Waals surface area contributed by atoms with Crippen LogP contribution < -0.4 is 20.9 Å². The van der Waals surface area contributed by atoms with E-state index in [0.29, 0.717) is 39.6 Å². The number of fused-ring (bicyclic) bond motifs is 1. The zero-order valence-electron chi connectivity index (χ0n) is 21.0. The van der Waals surface area contributed by atoms with Gasteiger partial charge in [-0.2, -0.15) is 5.10 Å². The number of aromatic nitrogens is 5. The fraction of sp³-hybridized carbons (Fsp3) is 0.148. The number of aromatic amines is 1. The number of aliphatic hydroxyl groups excluding tert-OH is 1. The fourth-order valence-electron chi connectivity index (χ4n) is 3.89. The van der Waals surface area contributed by atoms with E-state index in [2.05, 4.69) is 30.8 Å². The highest BCUT2D eigenvalue weighted by Gasteiger charge is 2.17. The molecule has 0 saturated heterocycles. The smallest absolute Gasteiger partial charge is 0.267 e. The van der Waals surface area contributed by atoms with Crippen LogP contribution in [0.1, 0.15) is 22.8 Å². The number of anilines is 2. The van der Waals surface area contributed by atoms with Crippen LogP contribution in [0.5, 0.6) is 11.5 Å². The van der Waals surface area contributed by atoms with E-state index < -0.39 is 17.3 Å². The summed E-state index contributed by atoms with van der Waals surface area (Å²) in [6, 6.07) is 11.5. The van der Waals surface area contributed by atoms with Crippen molar-refractivity contribution in [2.24, 2.45) is 0 Å². The lowest BCUT2D eigenvalue weighted by molar-refractivity contribution is 0.102. The maximum absolute atomic E-state index is 13.3. The van der Waals surface area contributed by atoms with Crippen molar-refractivity contribution in [2.45, 2.75) is 19.9 Å². The number of nitrogens with one attached hydrogen (secondary N) is 3. The van der Waals surface area contributed by atoms with Crippen LogP contribution in [0, 0.1) is 12.7 Å². The molecule has 0 radical (unpaired) electrons. The second kappa shape index (κ2) is 10.7. The first kappa shape index (κ1) is 25.5. The van der Waals surface area contributed by atoms with Gasteiger partial charge < -0.3 is 20.5 Å². The minimum absolute atomic E-state index is 0.0788. The van der Waals surface area contributed by atoms with Gasteiger partial charge >= 0.3 is 0 Å². The summed E-state index contributed by atoms with van der Waals surface area (Å²) in [5.41, 5.74) is 0.974. The summed E-state index contributed by atoms with van der Waals surface area (Å²) >= 11 is 0. The molecule has 0 spiro atoms. The van der Waals surface area contributed by atoms with Gasteiger partial charge in [-0.3, -0.25) is 19.3 Å². The zero-order chi connectivity index (χ0) is 27.5. The first-order valence-electron chi connectivity index (χ1n) is 12.0. The standard InChI is InChI=1S/C27H24FN7O4/c1-15-11-20(27(38)35(13-15)18-5-3-17(28)4-6-18)26(37)32-22-8-7-19(12-30-22)39-21-9-10-29-24-23(21)25(34-33-24)31-16(2)14-36/h3-13,16,36H,14H2,1-2H3,(H,30,32,37)(H2,29,31,33,34). The maximum atomic E-state index is 13.3. The summed E-state index contributed by atoms with van der Waals surface area (Å²) in [4.78, 5) is 34.5. The first-order chi connectivity index (χ1) is 18.8. The molecule has 1 aromatic carbocycles. The highest BCUT2D eigenvalue weighted by Crippen LogP contribution is 2.33. The van der Waals surface area contributed by atoms with E-state index in [4.69, 9.17) is 4.74 Å². The Balaban J connectivity index is 1.35. The lowest BCUT2D eigenvalue weighted by atomic mass is 10.2. The highest BCUT2D eigenvalue weighted by molar-refractivity contribution is 6.03. The number of carbonyl (C=O) groups excluding carboxylic acids is 1. The fourth-order valence-corrected chi connectivity index (χ4v) is 3.89. The molecule has 1 unspecified atom stereocenters. The molecule has 0 saturated carbocycles. The number of benzene rings is 1. The summed E-state index contributed by atoms with van der Waals surface area (Å²) < 4.78 is 20.6. The van der Waals surface area contributed by atoms with Gasteiger partial charge in [-0.15, -0.1) is 0 Å². The van der Waals surface area contributed by atoms with E-state index in [1.807, 2.05) is 6.92 Å². The molecular formula is C27H24FN7O4. The topological polar surface area (TPSA) is 147 Å². The van der Waals surface area contributed by atoms with Gasteiger partial charge in [-0.1, -0.05) is 0 Å². The van der Waals surface area contributed by atoms with Gasteiger partial charge in [0.05, 0.1) is 12.8 Å². The van der Waals surface area contributed by atoms with Crippen LogP contribution in [0.3, 0.4) is 0 Å². The molecule has 198 valence electrons. The zero-order valence-corrected chi connectivity index (χ0v) is 21.0. The first-order valence-corrected chi connectivity index (χ1v) is 12.0. The molecule has 39 heavy (non-hydrogen) atoms. The van der Waals surface area contributed by atoms with E-state index in [-0.39, 0.29) is 24.0 Å². The number of rotatable bonds is 8. The Morgan fingerprint density at radius 2 is 1.97 bits per heavy atom. The Labute approximate surface area is 221 Å². The normalized spacial score (nSPS) is 11.8. The Bertz CT molecular complexity index is 1700. The SMILES string of the molecule is Cc1cc(C(=O)Nc2ccc(Oc3ccnc4[nH]nc(NC(C)CO)c34)cn2)c(=O)n(-c2ccc(F)cc2)c1. The molecule has 0 fully saturated rings. The molecule has 11 nitrogen and oxygen atoms in total. The van der Waals surface area contributed by atoms with Crippen LogP contribution in [0.25, 0.3) is 16.7 Å². The van der Waals surface area contributed by atoms with Crippen LogP contribution >= 0.6 is 0 Å². The van der Waals surface area contributed by atoms with Crippen LogP contribution in [0.4, 0.5) is 16.0 Å². The van der Waals surface area contributed by atoms with Gasteiger partial charge in [0.2, 0.25) is 0 Å². The van der Waals surface area contributed by atoms with Crippen molar-refractivity contribution in [1.29, 1.82) is 0 Å². The minimum Gasteiger partial charge on any atom is -0.455 e. The van der Waals surface area contributed by atoms with E-state index in [1.165, 1.54) is 41.1 Å². The van der Waals surface area contributed by atoms with Crippen molar-refractivity contribution < 1.29 is 19.0 Å². The van der Waals surface area contributed by atoms with Crippen LogP contribution in [0.15, 0.2) is 71.9 Å². The number of aliphatic hydroxyl groups is 1.